The molecule has 3 unspecified atom stereocenters. The van der Waals surface area contributed by atoms with Gasteiger partial charge >= 0.3 is 0 Å². The van der Waals surface area contributed by atoms with E-state index in [-0.39, 0.29) is 11.6 Å². The second kappa shape index (κ2) is 6.58. The first-order valence-electron chi connectivity index (χ1n) is 8.47. The first-order chi connectivity index (χ1) is 9.07. The molecule has 2 fully saturated rings. The van der Waals surface area contributed by atoms with Crippen LogP contribution in [0.5, 0.6) is 0 Å². The van der Waals surface area contributed by atoms with Gasteiger partial charge in [-0.05, 0) is 50.4 Å². The van der Waals surface area contributed by atoms with E-state index in [0.717, 1.165) is 18.4 Å². The van der Waals surface area contributed by atoms with Gasteiger partial charge in [-0.3, -0.25) is 0 Å². The van der Waals surface area contributed by atoms with Crippen LogP contribution in [0.25, 0.3) is 0 Å². The van der Waals surface area contributed by atoms with Gasteiger partial charge < -0.3 is 10.5 Å². The molecule has 0 spiro atoms. The Morgan fingerprint density at radius 1 is 1.11 bits per heavy atom. The minimum absolute atomic E-state index is 0.0162. The Morgan fingerprint density at radius 2 is 1.79 bits per heavy atom. The smallest absolute Gasteiger partial charge is 0.0837 e. The van der Waals surface area contributed by atoms with Crippen LogP contribution in [0.1, 0.15) is 72.1 Å². The van der Waals surface area contributed by atoms with Crippen LogP contribution in [0.15, 0.2) is 0 Å². The molecule has 0 aromatic carbocycles. The fourth-order valence-corrected chi connectivity index (χ4v) is 4.44. The van der Waals surface area contributed by atoms with E-state index in [9.17, 15) is 0 Å². The first-order valence-corrected chi connectivity index (χ1v) is 8.47. The lowest BCUT2D eigenvalue weighted by molar-refractivity contribution is -0.107. The topological polar surface area (TPSA) is 35.2 Å². The molecule has 3 atom stereocenters. The second-order valence-corrected chi connectivity index (χ2v) is 7.25. The van der Waals surface area contributed by atoms with Crippen molar-refractivity contribution in [1.29, 1.82) is 0 Å². The minimum Gasteiger partial charge on any atom is -0.374 e. The van der Waals surface area contributed by atoms with Crippen molar-refractivity contribution >= 4 is 0 Å². The van der Waals surface area contributed by atoms with E-state index in [2.05, 4.69) is 20.8 Å². The van der Waals surface area contributed by atoms with Gasteiger partial charge in [-0.15, -0.1) is 0 Å². The predicted molar refractivity (Wildman–Crippen MR) is 81.1 cm³/mol. The van der Waals surface area contributed by atoms with Crippen LogP contribution in [-0.4, -0.2) is 18.2 Å². The predicted octanol–water partition coefficient (Wildman–Crippen LogP) is 4.13. The van der Waals surface area contributed by atoms with Gasteiger partial charge in [-0.25, -0.2) is 0 Å². The maximum absolute atomic E-state index is 6.73. The average molecular weight is 267 g/mol. The maximum atomic E-state index is 6.73. The molecular weight excluding hydrogens is 234 g/mol. The van der Waals surface area contributed by atoms with Crippen LogP contribution in [-0.2, 0) is 4.74 Å². The fraction of sp³-hybridized carbons (Fsp3) is 1.00. The van der Waals surface area contributed by atoms with Crippen molar-refractivity contribution in [3.05, 3.63) is 0 Å². The Labute approximate surface area is 119 Å². The molecule has 0 amide bonds. The molecule has 0 aliphatic heterocycles. The van der Waals surface area contributed by atoms with E-state index < -0.39 is 0 Å². The number of hydrogen-bond acceptors (Lipinski definition) is 2. The van der Waals surface area contributed by atoms with Crippen molar-refractivity contribution in [2.24, 2.45) is 23.5 Å². The normalized spacial score (nSPS) is 42.0. The number of nitrogens with two attached hydrogens (primary N) is 1. The quantitative estimate of drug-likeness (QED) is 0.831. The summed E-state index contributed by atoms with van der Waals surface area (Å²) >= 11 is 0. The van der Waals surface area contributed by atoms with Gasteiger partial charge in [0.25, 0.3) is 0 Å². The van der Waals surface area contributed by atoms with Crippen molar-refractivity contribution in [2.75, 3.05) is 6.61 Å². The van der Waals surface area contributed by atoms with Crippen LogP contribution < -0.4 is 5.73 Å². The van der Waals surface area contributed by atoms with E-state index in [1.165, 1.54) is 51.4 Å². The van der Waals surface area contributed by atoms with Crippen molar-refractivity contribution in [1.82, 2.24) is 0 Å². The first kappa shape index (κ1) is 15.3. The summed E-state index contributed by atoms with van der Waals surface area (Å²) < 4.78 is 6.26. The standard InChI is InChI=1S/C17H33NO/c1-4-19-17(11-5-6-14(3)12-17)16(18)15-9-7-13(2)8-10-15/h13-16H,4-12,18H2,1-3H3. The zero-order chi connectivity index (χ0) is 13.9. The Hall–Kier alpha value is -0.0800. The van der Waals surface area contributed by atoms with E-state index in [4.69, 9.17) is 10.5 Å². The molecule has 2 heteroatoms. The van der Waals surface area contributed by atoms with Crippen LogP contribution in [0, 0.1) is 17.8 Å². The third-order valence-corrected chi connectivity index (χ3v) is 5.60. The van der Waals surface area contributed by atoms with Crippen molar-refractivity contribution in [3.8, 4) is 0 Å². The van der Waals surface area contributed by atoms with Crippen LogP contribution in [0.4, 0.5) is 0 Å². The Balaban J connectivity index is 2.05. The Morgan fingerprint density at radius 3 is 2.37 bits per heavy atom. The zero-order valence-electron chi connectivity index (χ0n) is 13.2. The highest BCUT2D eigenvalue weighted by Gasteiger charge is 2.44. The van der Waals surface area contributed by atoms with Crippen LogP contribution in [0.3, 0.4) is 0 Å². The maximum Gasteiger partial charge on any atom is 0.0837 e. The summed E-state index contributed by atoms with van der Waals surface area (Å²) in [6.07, 6.45) is 10.3. The highest BCUT2D eigenvalue weighted by atomic mass is 16.5. The fourth-order valence-electron chi connectivity index (χ4n) is 4.44. The molecule has 0 bridgehead atoms. The molecule has 2 aliphatic rings. The van der Waals surface area contributed by atoms with Gasteiger partial charge in [0.1, 0.15) is 0 Å². The lowest BCUT2D eigenvalue weighted by atomic mass is 9.67. The third-order valence-electron chi connectivity index (χ3n) is 5.60. The van der Waals surface area contributed by atoms with Crippen LogP contribution >= 0.6 is 0 Å². The Bertz CT molecular complexity index is 268. The number of ether oxygens (including phenoxy) is 1. The minimum atomic E-state index is -0.0162. The summed E-state index contributed by atoms with van der Waals surface area (Å²) in [7, 11) is 0. The second-order valence-electron chi connectivity index (χ2n) is 7.25. The van der Waals surface area contributed by atoms with Gasteiger partial charge in [0.2, 0.25) is 0 Å². The molecule has 2 aliphatic carbocycles. The largest absolute Gasteiger partial charge is 0.374 e. The summed E-state index contributed by atoms with van der Waals surface area (Å²) in [6.45, 7) is 7.67. The summed E-state index contributed by atoms with van der Waals surface area (Å²) in [5.74, 6) is 2.36. The molecule has 2 nitrogen and oxygen atoms in total. The van der Waals surface area contributed by atoms with E-state index in [1.54, 1.807) is 0 Å². The number of rotatable bonds is 4. The molecule has 0 heterocycles. The van der Waals surface area contributed by atoms with Gasteiger partial charge in [0.05, 0.1) is 5.60 Å². The van der Waals surface area contributed by atoms with E-state index >= 15 is 0 Å². The average Bonchev–Trinajstić information content (AvgIpc) is 2.39. The van der Waals surface area contributed by atoms with E-state index in [0.29, 0.717) is 5.92 Å². The van der Waals surface area contributed by atoms with Crippen molar-refractivity contribution in [2.45, 2.75) is 83.8 Å². The highest BCUT2D eigenvalue weighted by Crippen LogP contribution is 2.42. The van der Waals surface area contributed by atoms with Gasteiger partial charge in [0, 0.05) is 12.6 Å². The monoisotopic (exact) mass is 267 g/mol. The molecule has 112 valence electrons. The molecule has 0 aromatic rings. The summed E-state index contributed by atoms with van der Waals surface area (Å²) in [5, 5.41) is 0. The van der Waals surface area contributed by atoms with Crippen molar-refractivity contribution in [3.63, 3.8) is 0 Å². The summed E-state index contributed by atoms with van der Waals surface area (Å²) in [5.41, 5.74) is 6.71. The molecule has 0 saturated heterocycles. The third kappa shape index (κ3) is 3.52. The van der Waals surface area contributed by atoms with Gasteiger partial charge in [0.15, 0.2) is 0 Å². The molecule has 2 rings (SSSR count). The highest BCUT2D eigenvalue weighted by molar-refractivity contribution is 4.99. The SMILES string of the molecule is CCOC1(C(N)C2CCC(C)CC2)CCCC(C)C1. The number of hydrogen-bond donors (Lipinski definition) is 1. The lowest BCUT2D eigenvalue weighted by Crippen LogP contribution is -2.56. The molecule has 19 heavy (non-hydrogen) atoms. The Kier molecular flexibility index (Phi) is 5.30. The molecule has 0 radical (unpaired) electrons. The molecule has 2 N–H and O–H groups in total. The lowest BCUT2D eigenvalue weighted by Gasteiger charge is -2.47. The van der Waals surface area contributed by atoms with Crippen LogP contribution in [0.2, 0.25) is 0 Å². The van der Waals surface area contributed by atoms with E-state index in [1.807, 2.05) is 0 Å². The molecule has 0 aromatic heterocycles. The zero-order valence-corrected chi connectivity index (χ0v) is 13.2. The molecular formula is C17H33NO. The molecule has 2 saturated carbocycles. The summed E-state index contributed by atoms with van der Waals surface area (Å²) in [6, 6.07) is 0.252. The van der Waals surface area contributed by atoms with Gasteiger partial charge in [-0.1, -0.05) is 39.5 Å². The van der Waals surface area contributed by atoms with Gasteiger partial charge in [-0.2, -0.15) is 0 Å². The van der Waals surface area contributed by atoms with Crippen molar-refractivity contribution < 1.29 is 4.74 Å². The summed E-state index contributed by atoms with van der Waals surface area (Å²) in [4.78, 5) is 0.